The van der Waals surface area contributed by atoms with Crippen LogP contribution in [0, 0.1) is 5.92 Å². The van der Waals surface area contributed by atoms with Crippen LogP contribution in [0.15, 0.2) is 4.99 Å². The van der Waals surface area contributed by atoms with Crippen molar-refractivity contribution in [1.29, 1.82) is 0 Å². The van der Waals surface area contributed by atoms with Crippen molar-refractivity contribution in [2.24, 2.45) is 10.9 Å². The lowest BCUT2D eigenvalue weighted by Crippen LogP contribution is -2.21. The molecule has 0 rings (SSSR count). The summed E-state index contributed by atoms with van der Waals surface area (Å²) in [6.45, 7) is 10.4. The second-order valence-corrected chi connectivity index (χ2v) is 4.64. The highest BCUT2D eigenvalue weighted by Crippen LogP contribution is 2.23. The van der Waals surface area contributed by atoms with Gasteiger partial charge in [0.1, 0.15) is 0 Å². The predicted octanol–water partition coefficient (Wildman–Crippen LogP) is 3.24. The molecule has 0 bridgehead atoms. The third-order valence-electron chi connectivity index (χ3n) is 2.09. The van der Waals surface area contributed by atoms with Crippen molar-refractivity contribution >= 4 is 18.5 Å². The average Bonchev–Trinajstić information content (AvgIpc) is 2.04. The van der Waals surface area contributed by atoms with Crippen molar-refractivity contribution in [3.05, 3.63) is 0 Å². The Kier molecular flexibility index (Phi) is 6.54. The monoisotopic (exact) mass is 187 g/mol. The second kappa shape index (κ2) is 6.53. The third kappa shape index (κ3) is 4.15. The Bertz CT molecular complexity index is 123. The summed E-state index contributed by atoms with van der Waals surface area (Å²) in [6.07, 6.45) is 4.53. The Morgan fingerprint density at radius 2 is 2.00 bits per heavy atom. The van der Waals surface area contributed by atoms with Gasteiger partial charge in [0.15, 0.2) is 0 Å². The van der Waals surface area contributed by atoms with Crippen LogP contribution >= 0.6 is 11.8 Å². The summed E-state index contributed by atoms with van der Waals surface area (Å²) < 4.78 is 0. The van der Waals surface area contributed by atoms with Gasteiger partial charge >= 0.3 is 0 Å². The standard InChI is InChI=1S/C10H21NS/c1-6-9(11-4)10(12-5)7-8(2)3/h8-10H,4,6-7H2,1-3,5H3. The van der Waals surface area contributed by atoms with E-state index in [0.29, 0.717) is 11.3 Å². The van der Waals surface area contributed by atoms with Crippen molar-refractivity contribution in [1.82, 2.24) is 0 Å². The summed E-state index contributed by atoms with van der Waals surface area (Å²) in [5.41, 5.74) is 0. The zero-order valence-corrected chi connectivity index (χ0v) is 9.53. The van der Waals surface area contributed by atoms with Gasteiger partial charge in [-0.25, -0.2) is 0 Å². The fourth-order valence-electron chi connectivity index (χ4n) is 1.38. The minimum atomic E-state index is 0.447. The van der Waals surface area contributed by atoms with Crippen LogP contribution in [0.25, 0.3) is 0 Å². The van der Waals surface area contributed by atoms with E-state index in [-0.39, 0.29) is 0 Å². The highest BCUT2D eigenvalue weighted by atomic mass is 32.2. The molecule has 0 aliphatic carbocycles. The van der Waals surface area contributed by atoms with Gasteiger partial charge in [-0.05, 0) is 31.7 Å². The summed E-state index contributed by atoms with van der Waals surface area (Å²) in [5.74, 6) is 0.762. The molecule has 0 saturated carbocycles. The number of hydrogen-bond donors (Lipinski definition) is 0. The molecule has 0 aromatic heterocycles. The van der Waals surface area contributed by atoms with Crippen molar-refractivity contribution in [2.75, 3.05) is 6.26 Å². The maximum absolute atomic E-state index is 4.16. The maximum Gasteiger partial charge on any atom is 0.0608 e. The van der Waals surface area contributed by atoms with E-state index in [1.807, 2.05) is 11.8 Å². The van der Waals surface area contributed by atoms with Gasteiger partial charge < -0.3 is 0 Å². The van der Waals surface area contributed by atoms with Crippen molar-refractivity contribution in [3.8, 4) is 0 Å². The van der Waals surface area contributed by atoms with Crippen molar-refractivity contribution in [2.45, 2.75) is 44.9 Å². The van der Waals surface area contributed by atoms with E-state index in [1.165, 1.54) is 6.42 Å². The Morgan fingerprint density at radius 3 is 2.25 bits per heavy atom. The van der Waals surface area contributed by atoms with Gasteiger partial charge in [0.25, 0.3) is 0 Å². The summed E-state index contributed by atoms with van der Waals surface area (Å²) in [5, 5.41) is 0.660. The van der Waals surface area contributed by atoms with Gasteiger partial charge in [-0.3, -0.25) is 4.99 Å². The molecular weight excluding hydrogens is 166 g/mol. The smallest absolute Gasteiger partial charge is 0.0608 e. The molecule has 2 heteroatoms. The highest BCUT2D eigenvalue weighted by molar-refractivity contribution is 7.99. The van der Waals surface area contributed by atoms with Crippen LogP contribution in [0.3, 0.4) is 0 Å². The first-order valence-electron chi connectivity index (χ1n) is 4.64. The van der Waals surface area contributed by atoms with Crippen molar-refractivity contribution in [3.63, 3.8) is 0 Å². The Labute approximate surface area is 81.0 Å². The quantitative estimate of drug-likeness (QED) is 0.581. The molecule has 0 radical (unpaired) electrons. The van der Waals surface area contributed by atoms with Crippen LogP contribution < -0.4 is 0 Å². The first-order valence-corrected chi connectivity index (χ1v) is 5.93. The van der Waals surface area contributed by atoms with Crippen LogP contribution in [0.2, 0.25) is 0 Å². The maximum atomic E-state index is 4.16. The molecule has 0 fully saturated rings. The minimum Gasteiger partial charge on any atom is -0.296 e. The Morgan fingerprint density at radius 1 is 1.42 bits per heavy atom. The molecular formula is C10H21NS. The van der Waals surface area contributed by atoms with Crippen LogP contribution in [0.5, 0.6) is 0 Å². The lowest BCUT2D eigenvalue weighted by Gasteiger charge is -2.22. The van der Waals surface area contributed by atoms with Gasteiger partial charge in [0.2, 0.25) is 0 Å². The lowest BCUT2D eigenvalue weighted by atomic mass is 10.0. The highest BCUT2D eigenvalue weighted by Gasteiger charge is 2.17. The van der Waals surface area contributed by atoms with Crippen molar-refractivity contribution < 1.29 is 0 Å². The average molecular weight is 187 g/mol. The SMILES string of the molecule is C=NC(CC)C(CC(C)C)SC. The first kappa shape index (κ1) is 12.0. The molecule has 0 heterocycles. The number of aliphatic imine (C=N–C) groups is 1. The largest absolute Gasteiger partial charge is 0.296 e. The van der Waals surface area contributed by atoms with Gasteiger partial charge in [-0.1, -0.05) is 20.8 Å². The summed E-state index contributed by atoms with van der Waals surface area (Å²) >= 11 is 1.92. The molecule has 0 amide bonds. The van der Waals surface area contributed by atoms with Gasteiger partial charge in [0, 0.05) is 5.25 Å². The summed E-state index contributed by atoms with van der Waals surface area (Å²) in [6, 6.07) is 0.447. The molecule has 0 aromatic rings. The Hall–Kier alpha value is 0.0200. The Balaban J connectivity index is 4.01. The van der Waals surface area contributed by atoms with E-state index in [4.69, 9.17) is 0 Å². The first-order chi connectivity index (χ1) is 5.65. The predicted molar refractivity (Wildman–Crippen MR) is 60.4 cm³/mol. The molecule has 0 aliphatic heterocycles. The van der Waals surface area contributed by atoms with Crippen LogP contribution in [0.1, 0.15) is 33.6 Å². The minimum absolute atomic E-state index is 0.447. The van der Waals surface area contributed by atoms with E-state index in [9.17, 15) is 0 Å². The topological polar surface area (TPSA) is 12.4 Å². The van der Waals surface area contributed by atoms with Gasteiger partial charge in [0.05, 0.1) is 6.04 Å². The number of hydrogen-bond acceptors (Lipinski definition) is 2. The molecule has 0 aromatic carbocycles. The third-order valence-corrected chi connectivity index (χ3v) is 3.20. The van der Waals surface area contributed by atoms with E-state index >= 15 is 0 Å². The van der Waals surface area contributed by atoms with Gasteiger partial charge in [-0.15, -0.1) is 0 Å². The molecule has 0 N–H and O–H groups in total. The van der Waals surface area contributed by atoms with Gasteiger partial charge in [-0.2, -0.15) is 11.8 Å². The number of rotatable bonds is 6. The molecule has 72 valence electrons. The van der Waals surface area contributed by atoms with E-state index in [0.717, 1.165) is 12.3 Å². The molecule has 1 nitrogen and oxygen atoms in total. The molecule has 0 spiro atoms. The zero-order valence-electron chi connectivity index (χ0n) is 8.71. The van der Waals surface area contributed by atoms with E-state index < -0.39 is 0 Å². The fourth-order valence-corrected chi connectivity index (χ4v) is 2.55. The molecule has 2 unspecified atom stereocenters. The summed E-state index contributed by atoms with van der Waals surface area (Å²) in [4.78, 5) is 4.16. The zero-order chi connectivity index (χ0) is 9.56. The second-order valence-electron chi connectivity index (χ2n) is 3.56. The fraction of sp³-hybridized carbons (Fsp3) is 0.900. The molecule has 0 saturated heterocycles. The van der Waals surface area contributed by atoms with E-state index in [2.05, 4.69) is 38.7 Å². The number of thioether (sulfide) groups is 1. The number of nitrogens with zero attached hydrogens (tertiary/aromatic N) is 1. The lowest BCUT2D eigenvalue weighted by molar-refractivity contribution is 0.505. The molecule has 0 aliphatic rings. The van der Waals surface area contributed by atoms with Crippen LogP contribution in [-0.2, 0) is 0 Å². The van der Waals surface area contributed by atoms with Crippen LogP contribution in [0.4, 0.5) is 0 Å². The molecule has 12 heavy (non-hydrogen) atoms. The van der Waals surface area contributed by atoms with E-state index in [1.54, 1.807) is 0 Å². The molecule has 2 atom stereocenters. The summed E-state index contributed by atoms with van der Waals surface area (Å²) in [7, 11) is 0. The van der Waals surface area contributed by atoms with Crippen LogP contribution in [-0.4, -0.2) is 24.3 Å². The normalized spacial score (nSPS) is 16.1.